The second-order valence-electron chi connectivity index (χ2n) is 26.1. The molecule has 0 aromatic heterocycles. The highest BCUT2D eigenvalue weighted by atomic mass is 31.2. The van der Waals surface area contributed by atoms with Crippen LogP contribution in [0.5, 0.6) is 0 Å². The summed E-state index contributed by atoms with van der Waals surface area (Å²) in [5.74, 6) is -0.520. The molecular formula is C81H142N2O7P+. The first-order valence-corrected chi connectivity index (χ1v) is 39.0. The van der Waals surface area contributed by atoms with E-state index in [4.69, 9.17) is 13.8 Å². The second kappa shape index (κ2) is 69.0. The Kier molecular flexibility index (Phi) is 66.1. The number of carbonyl (C=O) groups excluding carboxylic acids is 2. The average molecular weight is 1290 g/mol. The molecule has 3 atom stereocenters. The van der Waals surface area contributed by atoms with E-state index in [1.807, 2.05) is 33.3 Å². The molecule has 0 saturated heterocycles. The summed E-state index contributed by atoms with van der Waals surface area (Å²) >= 11 is 0. The minimum Gasteiger partial charge on any atom is -0.456 e. The van der Waals surface area contributed by atoms with Crippen LogP contribution in [0, 0.1) is 0 Å². The number of amides is 1. The maximum absolute atomic E-state index is 13.6. The standard InChI is InChI=1S/C81H141N2O7P/c1-7-10-13-16-19-22-25-27-29-31-33-35-37-39-41-43-45-47-49-51-53-55-58-61-64-67-70-73-80(84)82-78(77-89-91(86,87)88-76-75-83(4,5)6)79(72-69-66-63-60-57-24-21-18-15-12-9-3)90-81(85)74-71-68-65-62-59-56-54-52-50-48-46-44-42-40-38-36-34-32-30-28-26-23-20-17-14-11-8-2/h11,14,19-20,22-23,27-30,33-36,39-42,46,48,69,72,78-79H,7-10,12-13,15-18,21,24-26,31-32,37-38,43-45,47,49-68,70-71,73-77H2,1-6H3,(H-,82,84,86,87)/p+1/b14-11-,22-19-,23-20-,29-27-,30-28-,35-33-,36-34-,41-39-,42-40-,48-46-,72-69+. The quantitative estimate of drug-likeness (QED) is 0.0205. The monoisotopic (exact) mass is 1290 g/mol. The molecule has 3 unspecified atom stereocenters. The van der Waals surface area contributed by atoms with Gasteiger partial charge in [0, 0.05) is 12.8 Å². The van der Waals surface area contributed by atoms with Gasteiger partial charge < -0.3 is 19.4 Å². The van der Waals surface area contributed by atoms with Gasteiger partial charge in [-0.15, -0.1) is 0 Å². The van der Waals surface area contributed by atoms with Crippen LogP contribution in [0.15, 0.2) is 134 Å². The fourth-order valence-corrected chi connectivity index (χ4v) is 11.1. The molecule has 522 valence electrons. The van der Waals surface area contributed by atoms with Gasteiger partial charge in [0.15, 0.2) is 0 Å². The van der Waals surface area contributed by atoms with Crippen molar-refractivity contribution in [1.29, 1.82) is 0 Å². The first-order valence-electron chi connectivity index (χ1n) is 37.5. The predicted molar refractivity (Wildman–Crippen MR) is 396 cm³/mol. The highest BCUT2D eigenvalue weighted by molar-refractivity contribution is 7.47. The summed E-state index contributed by atoms with van der Waals surface area (Å²) < 4.78 is 30.8. The topological polar surface area (TPSA) is 111 Å². The molecular weight excluding hydrogens is 1140 g/mol. The number of phosphoric ester groups is 1. The summed E-state index contributed by atoms with van der Waals surface area (Å²) in [5, 5.41) is 3.07. The molecule has 0 spiro atoms. The van der Waals surface area contributed by atoms with Crippen LogP contribution < -0.4 is 5.32 Å². The fourth-order valence-electron chi connectivity index (χ4n) is 10.3. The third-order valence-corrected chi connectivity index (χ3v) is 17.1. The van der Waals surface area contributed by atoms with Crippen LogP contribution in [-0.2, 0) is 27.9 Å². The van der Waals surface area contributed by atoms with Gasteiger partial charge in [-0.25, -0.2) is 4.57 Å². The van der Waals surface area contributed by atoms with E-state index >= 15 is 0 Å². The van der Waals surface area contributed by atoms with Crippen LogP contribution >= 0.6 is 7.82 Å². The number of carbonyl (C=O) groups is 2. The molecule has 0 saturated carbocycles. The Balaban J connectivity index is 5.00. The highest BCUT2D eigenvalue weighted by Crippen LogP contribution is 2.43. The zero-order valence-corrected chi connectivity index (χ0v) is 60.7. The molecule has 1 amide bonds. The number of esters is 1. The number of ether oxygens (including phenoxy) is 1. The molecule has 0 aliphatic rings. The van der Waals surface area contributed by atoms with Gasteiger partial charge in [-0.05, 0) is 128 Å². The fraction of sp³-hybridized carbons (Fsp3) is 0.704. The molecule has 10 heteroatoms. The lowest BCUT2D eigenvalue weighted by Gasteiger charge is -2.27. The number of nitrogens with zero attached hydrogens (tertiary/aromatic N) is 1. The molecule has 0 aliphatic heterocycles. The Hall–Kier alpha value is -3.85. The summed E-state index contributed by atoms with van der Waals surface area (Å²) in [5.41, 5.74) is 0. The molecule has 0 aliphatic carbocycles. The summed E-state index contributed by atoms with van der Waals surface area (Å²) in [6.07, 6.45) is 99.0. The van der Waals surface area contributed by atoms with Gasteiger partial charge in [-0.1, -0.05) is 309 Å². The maximum atomic E-state index is 13.6. The number of nitrogens with one attached hydrogen (secondary N) is 1. The Bertz CT molecular complexity index is 2020. The first kappa shape index (κ1) is 87.2. The Morgan fingerprint density at radius 2 is 0.703 bits per heavy atom. The van der Waals surface area contributed by atoms with Crippen LogP contribution in [0.4, 0.5) is 0 Å². The van der Waals surface area contributed by atoms with Crippen molar-refractivity contribution in [2.45, 2.75) is 328 Å². The molecule has 0 heterocycles. The van der Waals surface area contributed by atoms with E-state index in [0.29, 0.717) is 17.4 Å². The van der Waals surface area contributed by atoms with Crippen molar-refractivity contribution in [3.63, 3.8) is 0 Å². The number of unbranched alkanes of at least 4 members (excludes halogenated alkanes) is 31. The number of hydrogen-bond donors (Lipinski definition) is 2. The zero-order valence-electron chi connectivity index (χ0n) is 59.8. The lowest BCUT2D eigenvalue weighted by Crippen LogP contribution is -2.47. The van der Waals surface area contributed by atoms with Gasteiger partial charge in [0.1, 0.15) is 19.3 Å². The predicted octanol–water partition coefficient (Wildman–Crippen LogP) is 24.3. The molecule has 2 N–H and O–H groups in total. The summed E-state index contributed by atoms with van der Waals surface area (Å²) in [7, 11) is 1.48. The molecule has 9 nitrogen and oxygen atoms in total. The molecule has 0 aromatic rings. The molecule has 0 fully saturated rings. The molecule has 0 radical (unpaired) electrons. The van der Waals surface area contributed by atoms with E-state index in [-0.39, 0.29) is 31.5 Å². The summed E-state index contributed by atoms with van der Waals surface area (Å²) in [4.78, 5) is 38.0. The van der Waals surface area contributed by atoms with E-state index in [0.717, 1.165) is 135 Å². The Morgan fingerprint density at radius 3 is 1.08 bits per heavy atom. The number of likely N-dealkylation sites (N-methyl/N-ethyl adjacent to an activating group) is 1. The van der Waals surface area contributed by atoms with Gasteiger partial charge in [-0.3, -0.25) is 18.6 Å². The number of quaternary nitrogens is 1. The smallest absolute Gasteiger partial charge is 0.456 e. The molecule has 0 aromatic carbocycles. The Morgan fingerprint density at radius 1 is 0.396 bits per heavy atom. The first-order chi connectivity index (χ1) is 44.4. The minimum absolute atomic E-state index is 0.0320. The molecule has 0 bridgehead atoms. The van der Waals surface area contributed by atoms with Crippen molar-refractivity contribution < 1.29 is 37.3 Å². The number of rotatable bonds is 67. The maximum Gasteiger partial charge on any atom is 0.472 e. The van der Waals surface area contributed by atoms with E-state index in [2.05, 4.69) is 148 Å². The normalized spacial score (nSPS) is 14.2. The van der Waals surface area contributed by atoms with Crippen molar-refractivity contribution >= 4 is 19.7 Å². The van der Waals surface area contributed by atoms with Crippen LogP contribution in [0.3, 0.4) is 0 Å². The van der Waals surface area contributed by atoms with Gasteiger partial charge >= 0.3 is 13.8 Å². The van der Waals surface area contributed by atoms with Crippen molar-refractivity contribution in [3.8, 4) is 0 Å². The largest absolute Gasteiger partial charge is 0.472 e. The number of allylic oxidation sites excluding steroid dienone is 21. The zero-order chi connectivity index (χ0) is 66.3. The van der Waals surface area contributed by atoms with Crippen molar-refractivity contribution in [2.75, 3.05) is 40.9 Å². The van der Waals surface area contributed by atoms with Crippen molar-refractivity contribution in [2.24, 2.45) is 0 Å². The minimum atomic E-state index is -4.47. The van der Waals surface area contributed by atoms with Crippen LogP contribution in [0.2, 0.25) is 0 Å². The van der Waals surface area contributed by atoms with Gasteiger partial charge in [-0.2, -0.15) is 0 Å². The highest BCUT2D eigenvalue weighted by Gasteiger charge is 2.30. The Labute approximate surface area is 562 Å². The van der Waals surface area contributed by atoms with E-state index in [1.165, 1.54) is 148 Å². The second-order valence-corrected chi connectivity index (χ2v) is 27.5. The lowest BCUT2D eigenvalue weighted by molar-refractivity contribution is -0.870. The summed E-state index contributed by atoms with van der Waals surface area (Å²) in [6, 6.07) is -0.864. The summed E-state index contributed by atoms with van der Waals surface area (Å²) in [6.45, 7) is 6.87. The van der Waals surface area contributed by atoms with Crippen molar-refractivity contribution in [1.82, 2.24) is 5.32 Å². The molecule has 0 rings (SSSR count). The van der Waals surface area contributed by atoms with E-state index in [1.54, 1.807) is 0 Å². The SMILES string of the molecule is CC/C=C\C/C=C\C/C=C\C/C=C\C/C=C\C/C=C\CCCCCCCCCCC(=O)OC(/C=C/CCCCCCCCCCC)C(COP(=O)(O)OCC[N+](C)(C)C)NC(=O)CCCCCCCCCCCCC/C=C\C/C=C\C/C=C\C/C=C\CCCCC. The van der Waals surface area contributed by atoms with Crippen molar-refractivity contribution in [3.05, 3.63) is 134 Å². The van der Waals surface area contributed by atoms with Crippen LogP contribution in [-0.4, -0.2) is 74.3 Å². The number of hydrogen-bond acceptors (Lipinski definition) is 6. The van der Waals surface area contributed by atoms with E-state index in [9.17, 15) is 19.0 Å². The lowest BCUT2D eigenvalue weighted by atomic mass is 10.0. The third kappa shape index (κ3) is 70.3. The van der Waals surface area contributed by atoms with E-state index < -0.39 is 20.0 Å². The average Bonchev–Trinajstić information content (AvgIpc) is 3.03. The third-order valence-electron chi connectivity index (χ3n) is 16.1. The van der Waals surface area contributed by atoms with Gasteiger partial charge in [0.25, 0.3) is 0 Å². The van der Waals surface area contributed by atoms with Crippen LogP contribution in [0.25, 0.3) is 0 Å². The number of phosphoric acid groups is 1. The van der Waals surface area contributed by atoms with Gasteiger partial charge in [0.2, 0.25) is 5.91 Å². The van der Waals surface area contributed by atoms with Gasteiger partial charge in [0.05, 0.1) is 33.8 Å². The molecule has 91 heavy (non-hydrogen) atoms. The van der Waals surface area contributed by atoms with Crippen LogP contribution in [0.1, 0.15) is 316 Å².